The van der Waals surface area contributed by atoms with E-state index in [4.69, 9.17) is 9.47 Å². The fourth-order valence-corrected chi connectivity index (χ4v) is 5.33. The molecule has 0 fully saturated rings. The molecule has 40 heavy (non-hydrogen) atoms. The minimum Gasteiger partial charge on any atom is -0.457 e. The highest BCUT2D eigenvalue weighted by Crippen LogP contribution is 2.51. The van der Waals surface area contributed by atoms with Crippen molar-refractivity contribution in [2.45, 2.75) is 38.4 Å². The molecule has 2 aromatic heterocycles. The monoisotopic (exact) mass is 558 g/mol. The van der Waals surface area contributed by atoms with Crippen molar-refractivity contribution < 1.29 is 42.2 Å². The van der Waals surface area contributed by atoms with Crippen molar-refractivity contribution in [3.05, 3.63) is 55.4 Å². The third-order valence-electron chi connectivity index (χ3n) is 7.04. The highest BCUT2D eigenvalue weighted by atomic mass is 19.3. The van der Waals surface area contributed by atoms with Gasteiger partial charge in [-0.25, -0.2) is 9.78 Å². The number of carbonyl (C=O) groups is 2. The van der Waals surface area contributed by atoms with Crippen molar-refractivity contribution in [2.24, 2.45) is 0 Å². The molecule has 0 amide bonds. The molecule has 15 heteroatoms. The van der Waals surface area contributed by atoms with Crippen molar-refractivity contribution in [2.75, 3.05) is 20.6 Å². The molecule has 0 N–H and O–H groups in total. The number of rotatable bonds is 5. The van der Waals surface area contributed by atoms with E-state index >= 15 is 0 Å². The van der Waals surface area contributed by atoms with E-state index in [1.165, 1.54) is 16.7 Å². The average Bonchev–Trinajstić information content (AvgIpc) is 3.37. The smallest absolute Gasteiger partial charge is 0.457 e. The zero-order valence-electron chi connectivity index (χ0n) is 21.3. The number of esters is 2. The Hall–Kier alpha value is -4.66. The average molecular weight is 558 g/mol. The summed E-state index contributed by atoms with van der Waals surface area (Å²) < 4.78 is 48.7. The summed E-state index contributed by atoms with van der Waals surface area (Å²) >= 11 is 0. The second kappa shape index (κ2) is 8.42. The van der Waals surface area contributed by atoms with E-state index in [1.807, 2.05) is 0 Å². The van der Waals surface area contributed by atoms with Crippen molar-refractivity contribution in [3.63, 3.8) is 0 Å². The van der Waals surface area contributed by atoms with Crippen molar-refractivity contribution in [3.8, 4) is 22.9 Å². The van der Waals surface area contributed by atoms with E-state index in [9.17, 15) is 33.3 Å². The Labute approximate surface area is 222 Å². The summed E-state index contributed by atoms with van der Waals surface area (Å²) in [5, 5.41) is 11.8. The maximum atomic E-state index is 13.8. The molecule has 1 atom stereocenters. The molecule has 13 nitrogen and oxygen atoms in total. The van der Waals surface area contributed by atoms with Gasteiger partial charge in [-0.1, -0.05) is 6.92 Å². The number of nitro benzene ring substituents is 1. The van der Waals surface area contributed by atoms with Crippen LogP contribution in [0.4, 0.5) is 14.5 Å². The lowest BCUT2D eigenvalue weighted by Gasteiger charge is -2.35. The normalized spacial score (nSPS) is 19.7. The van der Waals surface area contributed by atoms with E-state index in [0.717, 1.165) is 6.07 Å². The van der Waals surface area contributed by atoms with Crippen LogP contribution in [0, 0.1) is 10.1 Å². The highest BCUT2D eigenvalue weighted by Gasteiger charge is 2.51. The van der Waals surface area contributed by atoms with Crippen LogP contribution in [-0.4, -0.2) is 58.2 Å². The number of benzene rings is 1. The van der Waals surface area contributed by atoms with Gasteiger partial charge in [-0.15, -0.1) is 8.78 Å². The van der Waals surface area contributed by atoms with Crippen LogP contribution in [0.3, 0.4) is 0 Å². The van der Waals surface area contributed by atoms with Crippen LogP contribution in [0.25, 0.3) is 22.3 Å². The van der Waals surface area contributed by atoms with Gasteiger partial charge >= 0.3 is 23.9 Å². The van der Waals surface area contributed by atoms with Crippen LogP contribution in [0.1, 0.15) is 30.0 Å². The standard InChI is InChI=1S/C25H20F2N4O9/c1-4-24(39-18(32)9-29(2)3)14-6-16-19-11(8-30(16)22(33)13(14)10-37-23(24)34)5-12-15(28-19)7-17-21(20(12)31(35)36)40-25(26,27)38-17/h5-7H,4,8-10H2,1-3H3. The first-order chi connectivity index (χ1) is 18.8. The second-order valence-electron chi connectivity index (χ2n) is 9.82. The number of halogens is 2. The first kappa shape index (κ1) is 25.6. The fourth-order valence-electron chi connectivity index (χ4n) is 5.33. The van der Waals surface area contributed by atoms with E-state index in [1.54, 1.807) is 25.9 Å². The van der Waals surface area contributed by atoms with Crippen LogP contribution >= 0.6 is 0 Å². The molecule has 0 saturated carbocycles. The van der Waals surface area contributed by atoms with Crippen molar-refractivity contribution in [1.29, 1.82) is 0 Å². The number of ether oxygens (including phenoxy) is 4. The number of fused-ring (bicyclic) bond motifs is 6. The third kappa shape index (κ3) is 3.61. The van der Waals surface area contributed by atoms with E-state index in [2.05, 4.69) is 14.5 Å². The molecule has 0 radical (unpaired) electrons. The maximum absolute atomic E-state index is 13.8. The Kier molecular flexibility index (Phi) is 5.39. The molecular formula is C25H20F2N4O9. The van der Waals surface area contributed by atoms with Crippen LogP contribution < -0.4 is 15.0 Å². The van der Waals surface area contributed by atoms with Gasteiger partial charge in [0.2, 0.25) is 5.60 Å². The van der Waals surface area contributed by atoms with Crippen molar-refractivity contribution >= 4 is 28.5 Å². The number of cyclic esters (lactones) is 1. The van der Waals surface area contributed by atoms with E-state index in [-0.39, 0.29) is 59.5 Å². The first-order valence-corrected chi connectivity index (χ1v) is 12.1. The molecule has 208 valence electrons. The molecule has 0 aliphatic carbocycles. The molecule has 1 aromatic carbocycles. The summed E-state index contributed by atoms with van der Waals surface area (Å²) in [5.41, 5.74) is -2.06. The Morgan fingerprint density at radius 3 is 2.67 bits per heavy atom. The van der Waals surface area contributed by atoms with Crippen LogP contribution in [0.2, 0.25) is 0 Å². The number of hydrogen-bond donors (Lipinski definition) is 0. The van der Waals surface area contributed by atoms with E-state index < -0.39 is 51.5 Å². The van der Waals surface area contributed by atoms with Crippen LogP contribution in [0.15, 0.2) is 23.0 Å². The van der Waals surface area contributed by atoms with Gasteiger partial charge in [-0.2, -0.15) is 0 Å². The molecule has 0 saturated heterocycles. The number of alkyl halides is 2. The molecule has 3 aromatic rings. The summed E-state index contributed by atoms with van der Waals surface area (Å²) in [7, 11) is 3.30. The largest absolute Gasteiger partial charge is 0.586 e. The Morgan fingerprint density at radius 2 is 2.00 bits per heavy atom. The second-order valence-corrected chi connectivity index (χ2v) is 9.82. The quantitative estimate of drug-likeness (QED) is 0.202. The lowest BCUT2D eigenvalue weighted by molar-refractivity contribution is -0.385. The number of hydrogen-bond acceptors (Lipinski definition) is 11. The number of aromatic nitrogens is 2. The first-order valence-electron chi connectivity index (χ1n) is 12.1. The molecule has 6 rings (SSSR count). The molecule has 3 aliphatic heterocycles. The summed E-state index contributed by atoms with van der Waals surface area (Å²) in [6.45, 7) is 1.10. The van der Waals surface area contributed by atoms with Gasteiger partial charge in [0.15, 0.2) is 5.75 Å². The lowest BCUT2D eigenvalue weighted by Crippen LogP contribution is -2.48. The predicted molar refractivity (Wildman–Crippen MR) is 130 cm³/mol. The molecule has 5 heterocycles. The zero-order chi connectivity index (χ0) is 28.7. The number of likely N-dealkylation sites (N-methyl/N-ethyl adjacent to an activating group) is 1. The number of carbonyl (C=O) groups excluding carboxylic acids is 2. The van der Waals surface area contributed by atoms with Crippen LogP contribution in [0.5, 0.6) is 11.5 Å². The highest BCUT2D eigenvalue weighted by molar-refractivity contribution is 5.96. The van der Waals surface area contributed by atoms with Gasteiger partial charge in [-0.3, -0.25) is 24.6 Å². The minimum absolute atomic E-state index is 0.0250. The summed E-state index contributed by atoms with van der Waals surface area (Å²) in [6.07, 6.45) is -4.11. The van der Waals surface area contributed by atoms with Crippen molar-refractivity contribution in [1.82, 2.24) is 14.5 Å². The number of nitrogens with zero attached hydrogens (tertiary/aromatic N) is 4. The van der Waals surface area contributed by atoms with Gasteiger partial charge in [0, 0.05) is 17.2 Å². The van der Waals surface area contributed by atoms with Gasteiger partial charge in [0.25, 0.3) is 11.3 Å². The molecule has 0 spiro atoms. The van der Waals surface area contributed by atoms with E-state index in [0.29, 0.717) is 5.56 Å². The predicted octanol–water partition coefficient (Wildman–Crippen LogP) is 2.42. The summed E-state index contributed by atoms with van der Waals surface area (Å²) in [6, 6.07) is 3.99. The Morgan fingerprint density at radius 1 is 1.25 bits per heavy atom. The molecule has 3 aliphatic rings. The molecule has 1 unspecified atom stereocenters. The number of pyridine rings is 2. The topological polar surface area (TPSA) is 152 Å². The third-order valence-corrected chi connectivity index (χ3v) is 7.04. The van der Waals surface area contributed by atoms with Gasteiger partial charge in [0.05, 0.1) is 45.9 Å². The van der Waals surface area contributed by atoms with Gasteiger partial charge in [-0.05, 0) is 32.6 Å². The maximum Gasteiger partial charge on any atom is 0.586 e. The Bertz CT molecular complexity index is 1740. The van der Waals surface area contributed by atoms with Crippen LogP contribution in [-0.2, 0) is 37.8 Å². The lowest BCUT2D eigenvalue weighted by atomic mass is 9.85. The van der Waals surface area contributed by atoms with Gasteiger partial charge < -0.3 is 23.5 Å². The minimum atomic E-state index is -4.09. The SMILES string of the molecule is CCC1(OC(=O)CN(C)C)C(=O)OCc2c1cc1n(c2=O)Cc2cc3c([N+](=O)[O-])c4c(cc3nc2-1)OC(F)(F)O4. The Balaban J connectivity index is 1.55. The van der Waals surface area contributed by atoms with Gasteiger partial charge in [0.1, 0.15) is 6.61 Å². The zero-order valence-corrected chi connectivity index (χ0v) is 21.3. The molecule has 0 bridgehead atoms. The molecular weight excluding hydrogens is 538 g/mol. The fraction of sp³-hybridized carbons (Fsp3) is 0.360. The number of nitro groups is 1. The summed E-state index contributed by atoms with van der Waals surface area (Å²) in [5.74, 6) is -2.82. The summed E-state index contributed by atoms with van der Waals surface area (Å²) in [4.78, 5) is 56.3.